The van der Waals surface area contributed by atoms with Gasteiger partial charge in [-0.3, -0.25) is 9.59 Å². The molecule has 0 radical (unpaired) electrons. The van der Waals surface area contributed by atoms with E-state index in [1.807, 2.05) is 43.3 Å². The van der Waals surface area contributed by atoms with Crippen molar-refractivity contribution in [1.29, 1.82) is 0 Å². The lowest BCUT2D eigenvalue weighted by Gasteiger charge is -2.48. The van der Waals surface area contributed by atoms with E-state index in [0.717, 1.165) is 11.1 Å². The summed E-state index contributed by atoms with van der Waals surface area (Å²) >= 11 is 0. The lowest BCUT2D eigenvalue weighted by molar-refractivity contribution is -0.162. The number of hydrogen-bond donors (Lipinski definition) is 0. The van der Waals surface area contributed by atoms with E-state index in [1.165, 1.54) is 9.21 Å². The average Bonchev–Trinajstić information content (AvgIpc) is 2.77. The highest BCUT2D eigenvalue weighted by molar-refractivity contribution is 7.89. The zero-order valence-corrected chi connectivity index (χ0v) is 18.8. The van der Waals surface area contributed by atoms with Gasteiger partial charge in [-0.25, -0.2) is 8.42 Å². The molecule has 0 spiro atoms. The quantitative estimate of drug-likeness (QED) is 0.722. The molecule has 2 aromatic rings. The largest absolute Gasteiger partial charge is 0.332 e. The Morgan fingerprint density at radius 1 is 0.968 bits per heavy atom. The van der Waals surface area contributed by atoms with E-state index in [2.05, 4.69) is 0 Å². The smallest absolute Gasteiger partial charge is 0.247 e. The molecule has 2 aliphatic rings. The van der Waals surface area contributed by atoms with E-state index >= 15 is 0 Å². The summed E-state index contributed by atoms with van der Waals surface area (Å²) in [7, 11) is -2.13. The molecule has 0 saturated carbocycles. The van der Waals surface area contributed by atoms with Crippen molar-refractivity contribution in [1.82, 2.24) is 14.1 Å². The van der Waals surface area contributed by atoms with Gasteiger partial charge in [0.1, 0.15) is 12.1 Å². The highest BCUT2D eigenvalue weighted by Gasteiger charge is 2.48. The Balaban J connectivity index is 1.57. The van der Waals surface area contributed by atoms with Gasteiger partial charge in [0.2, 0.25) is 21.8 Å². The van der Waals surface area contributed by atoms with Gasteiger partial charge in [0.15, 0.2) is 0 Å². The number of rotatable bonds is 4. The predicted octanol–water partition coefficient (Wildman–Crippen LogP) is 1.59. The maximum absolute atomic E-state index is 13.3. The summed E-state index contributed by atoms with van der Waals surface area (Å²) in [5.74, 6) is -0.346. The van der Waals surface area contributed by atoms with Crippen LogP contribution in [0, 0.1) is 13.8 Å². The highest BCUT2D eigenvalue weighted by atomic mass is 32.2. The molecule has 8 heteroatoms. The normalized spacial score (nSPS) is 22.5. The lowest BCUT2D eigenvalue weighted by Crippen LogP contribution is -2.70. The molecule has 0 aromatic heterocycles. The SMILES string of the molecule is Cc1ccc(C)c(S(=O)(=O)N2CCN3C(=O)[C@H](Cc4ccccc4)N(C)C(=O)[C@H]3C2)c1. The van der Waals surface area contributed by atoms with E-state index < -0.39 is 22.1 Å². The molecule has 2 heterocycles. The third-order valence-electron chi connectivity index (χ3n) is 6.24. The minimum atomic E-state index is -3.76. The van der Waals surface area contributed by atoms with Crippen LogP contribution in [-0.4, -0.2) is 73.1 Å². The first kappa shape index (κ1) is 21.5. The second kappa shape index (κ2) is 8.09. The van der Waals surface area contributed by atoms with E-state index in [0.29, 0.717) is 12.0 Å². The van der Waals surface area contributed by atoms with Gasteiger partial charge in [0, 0.05) is 33.1 Å². The van der Waals surface area contributed by atoms with E-state index in [-0.39, 0.29) is 36.3 Å². The van der Waals surface area contributed by atoms with Crippen LogP contribution < -0.4 is 0 Å². The standard InChI is InChI=1S/C23H27N3O4S/c1-16-9-10-17(2)21(13-16)31(29,30)25-11-12-26-20(15-25)22(27)24(3)19(23(26)28)14-18-7-5-4-6-8-18/h4-10,13,19-20H,11-12,14-15H2,1-3H3/t19-,20+/m0/s1. The van der Waals surface area contributed by atoms with Crippen LogP contribution in [0.5, 0.6) is 0 Å². The minimum Gasteiger partial charge on any atom is -0.332 e. The van der Waals surface area contributed by atoms with Crippen molar-refractivity contribution in [3.63, 3.8) is 0 Å². The topological polar surface area (TPSA) is 78.0 Å². The second-order valence-electron chi connectivity index (χ2n) is 8.33. The summed E-state index contributed by atoms with van der Waals surface area (Å²) in [6, 6.07) is 13.5. The Hall–Kier alpha value is -2.71. The first-order valence-corrected chi connectivity index (χ1v) is 11.8. The van der Waals surface area contributed by atoms with Crippen LogP contribution >= 0.6 is 0 Å². The second-order valence-corrected chi connectivity index (χ2v) is 10.2. The molecule has 7 nitrogen and oxygen atoms in total. The van der Waals surface area contributed by atoms with Crippen molar-refractivity contribution < 1.29 is 18.0 Å². The van der Waals surface area contributed by atoms with Crippen LogP contribution in [0.4, 0.5) is 0 Å². The number of carbonyl (C=O) groups excluding carboxylic acids is 2. The molecule has 2 aromatic carbocycles. The third kappa shape index (κ3) is 3.85. The van der Waals surface area contributed by atoms with Crippen LogP contribution in [0.25, 0.3) is 0 Å². The molecule has 0 aliphatic carbocycles. The first-order valence-electron chi connectivity index (χ1n) is 10.4. The zero-order valence-electron chi connectivity index (χ0n) is 18.0. The van der Waals surface area contributed by atoms with Crippen molar-refractivity contribution in [3.05, 3.63) is 65.2 Å². The first-order chi connectivity index (χ1) is 14.7. The van der Waals surface area contributed by atoms with E-state index in [4.69, 9.17) is 0 Å². The number of benzene rings is 2. The number of likely N-dealkylation sites (N-methyl/N-ethyl adjacent to an activating group) is 1. The van der Waals surface area contributed by atoms with Gasteiger partial charge in [0.25, 0.3) is 0 Å². The van der Waals surface area contributed by atoms with Gasteiger partial charge in [-0.15, -0.1) is 0 Å². The van der Waals surface area contributed by atoms with Crippen LogP contribution in [-0.2, 0) is 26.0 Å². The fourth-order valence-corrected chi connectivity index (χ4v) is 6.13. The zero-order chi connectivity index (χ0) is 22.3. The van der Waals surface area contributed by atoms with Crippen LogP contribution in [0.1, 0.15) is 16.7 Å². The molecule has 2 aliphatic heterocycles. The highest BCUT2D eigenvalue weighted by Crippen LogP contribution is 2.28. The van der Waals surface area contributed by atoms with Gasteiger partial charge < -0.3 is 9.80 Å². The maximum Gasteiger partial charge on any atom is 0.247 e. The summed E-state index contributed by atoms with van der Waals surface area (Å²) in [6.07, 6.45) is 0.440. The Kier molecular flexibility index (Phi) is 5.61. The van der Waals surface area contributed by atoms with Crippen molar-refractivity contribution in [3.8, 4) is 0 Å². The van der Waals surface area contributed by atoms with Gasteiger partial charge in [-0.1, -0.05) is 42.5 Å². The Morgan fingerprint density at radius 2 is 1.68 bits per heavy atom. The van der Waals surface area contributed by atoms with Gasteiger partial charge in [-0.05, 0) is 36.6 Å². The summed E-state index contributed by atoms with van der Waals surface area (Å²) in [6.45, 7) is 3.97. The van der Waals surface area contributed by atoms with Crippen molar-refractivity contribution in [2.24, 2.45) is 0 Å². The third-order valence-corrected chi connectivity index (χ3v) is 8.25. The molecule has 4 rings (SSSR count). The van der Waals surface area contributed by atoms with Crippen LogP contribution in [0.15, 0.2) is 53.4 Å². The van der Waals surface area contributed by atoms with Crippen molar-refractivity contribution in [2.75, 3.05) is 26.7 Å². The molecule has 0 bridgehead atoms. The monoisotopic (exact) mass is 441 g/mol. The molecule has 2 atom stereocenters. The number of piperazine rings is 2. The van der Waals surface area contributed by atoms with Gasteiger partial charge in [-0.2, -0.15) is 4.31 Å². The predicted molar refractivity (Wildman–Crippen MR) is 117 cm³/mol. The molecule has 2 saturated heterocycles. The summed E-state index contributed by atoms with van der Waals surface area (Å²) in [4.78, 5) is 29.6. The summed E-state index contributed by atoms with van der Waals surface area (Å²) < 4.78 is 28.0. The fraction of sp³-hybridized carbons (Fsp3) is 0.391. The molecule has 0 unspecified atom stereocenters. The molecule has 31 heavy (non-hydrogen) atoms. The molecular formula is C23H27N3O4S. The summed E-state index contributed by atoms with van der Waals surface area (Å²) in [5.41, 5.74) is 2.50. The maximum atomic E-state index is 13.3. The number of aryl methyl sites for hydroxylation is 2. The number of hydrogen-bond acceptors (Lipinski definition) is 4. The number of sulfonamides is 1. The van der Waals surface area contributed by atoms with Gasteiger partial charge in [0.05, 0.1) is 4.90 Å². The number of nitrogens with zero attached hydrogens (tertiary/aromatic N) is 3. The average molecular weight is 442 g/mol. The molecule has 2 fully saturated rings. The van der Waals surface area contributed by atoms with Crippen molar-refractivity contribution >= 4 is 21.8 Å². The Labute approximate surface area is 183 Å². The molecule has 2 amide bonds. The number of carbonyl (C=O) groups is 2. The van der Waals surface area contributed by atoms with Crippen LogP contribution in [0.2, 0.25) is 0 Å². The lowest BCUT2D eigenvalue weighted by atomic mass is 9.97. The Bertz CT molecular complexity index is 1120. The minimum absolute atomic E-state index is 0.0251. The van der Waals surface area contributed by atoms with Crippen LogP contribution in [0.3, 0.4) is 0 Å². The molecule has 0 N–H and O–H groups in total. The molecule has 164 valence electrons. The molecular weight excluding hydrogens is 414 g/mol. The van der Waals surface area contributed by atoms with E-state index in [1.54, 1.807) is 31.0 Å². The number of amides is 2. The number of fused-ring (bicyclic) bond motifs is 1. The van der Waals surface area contributed by atoms with Gasteiger partial charge >= 0.3 is 0 Å². The van der Waals surface area contributed by atoms with Crippen molar-refractivity contribution in [2.45, 2.75) is 37.2 Å². The van der Waals surface area contributed by atoms with E-state index in [9.17, 15) is 18.0 Å². The Morgan fingerprint density at radius 3 is 2.39 bits per heavy atom. The summed E-state index contributed by atoms with van der Waals surface area (Å²) in [5, 5.41) is 0. The fourth-order valence-electron chi connectivity index (χ4n) is 4.38.